The zero-order valence-corrected chi connectivity index (χ0v) is 8.64. The second-order valence-electron chi connectivity index (χ2n) is 5.79. The Morgan fingerprint density at radius 3 is 1.87 bits per heavy atom. The Labute approximate surface area is 89.6 Å². The number of alkyl halides is 2. The minimum absolute atomic E-state index is 0.470. The second-order valence-corrected chi connectivity index (χ2v) is 5.79. The normalized spacial score (nSPS) is 49.2. The molecule has 4 saturated carbocycles. The van der Waals surface area contributed by atoms with Crippen LogP contribution in [0.1, 0.15) is 39.9 Å². The Kier molecular flexibility index (Phi) is 1.74. The van der Waals surface area contributed by atoms with Gasteiger partial charge in [-0.2, -0.15) is 0 Å². The second kappa shape index (κ2) is 3.02. The Morgan fingerprint density at radius 2 is 1.53 bits per heavy atom. The largest absolute Gasteiger partial charge is 0.296 e. The molecule has 4 rings (SSSR count). The summed E-state index contributed by atoms with van der Waals surface area (Å²) in [5, 5.41) is 0. The number of hydrogen-bond donors (Lipinski definition) is 0. The molecule has 0 amide bonds. The molecule has 84 valence electrons. The van der Waals surface area contributed by atoms with Crippen LogP contribution in [0.15, 0.2) is 0 Å². The quantitative estimate of drug-likeness (QED) is 0.692. The van der Waals surface area contributed by atoms with Gasteiger partial charge in [-0.3, -0.25) is 4.79 Å². The van der Waals surface area contributed by atoms with Crippen LogP contribution in [0.4, 0.5) is 8.78 Å². The number of halogens is 2. The van der Waals surface area contributed by atoms with Gasteiger partial charge in [0.2, 0.25) is 5.78 Å². The standard InChI is InChI=1S/C12H16F2O/c13-11(14)10(15)12-4-7-1-8(5-12)3-9(2-7)6-12/h7-9,11H,1-6H2/i11D. The lowest BCUT2D eigenvalue weighted by Gasteiger charge is -2.55. The van der Waals surface area contributed by atoms with Crippen LogP contribution in [0.5, 0.6) is 0 Å². The number of carbonyl (C=O) groups is 1. The molecule has 0 aromatic rings. The molecule has 4 aliphatic rings. The lowest BCUT2D eigenvalue weighted by molar-refractivity contribution is -0.155. The Bertz CT molecular complexity index is 299. The van der Waals surface area contributed by atoms with Crippen LogP contribution < -0.4 is 0 Å². The monoisotopic (exact) mass is 215 g/mol. The number of Topliss-reactive ketones (excluding diaryl/α,β-unsaturated/α-hetero) is 1. The molecular formula is C12H16F2O. The number of ketones is 1. The van der Waals surface area contributed by atoms with Gasteiger partial charge in [0, 0.05) is 5.41 Å². The summed E-state index contributed by atoms with van der Waals surface area (Å²) >= 11 is 0. The fourth-order valence-corrected chi connectivity index (χ4v) is 4.59. The van der Waals surface area contributed by atoms with Gasteiger partial charge in [0.15, 0.2) is 0 Å². The summed E-state index contributed by atoms with van der Waals surface area (Å²) in [6.45, 7) is 0. The van der Waals surface area contributed by atoms with E-state index in [9.17, 15) is 13.6 Å². The van der Waals surface area contributed by atoms with Gasteiger partial charge < -0.3 is 0 Å². The van der Waals surface area contributed by atoms with E-state index in [2.05, 4.69) is 0 Å². The van der Waals surface area contributed by atoms with Crippen LogP contribution in [0.25, 0.3) is 0 Å². The first-order valence-corrected chi connectivity index (χ1v) is 5.82. The summed E-state index contributed by atoms with van der Waals surface area (Å²) in [7, 11) is 0. The van der Waals surface area contributed by atoms with E-state index in [1.54, 1.807) is 0 Å². The molecule has 4 fully saturated rings. The van der Waals surface area contributed by atoms with Gasteiger partial charge in [-0.15, -0.1) is 0 Å². The third-order valence-electron chi connectivity index (χ3n) is 4.69. The SMILES string of the molecule is [2H]C(F)(F)C(=O)C12CC3CC(CC(C3)C1)C2. The van der Waals surface area contributed by atoms with Crippen molar-refractivity contribution in [1.82, 2.24) is 0 Å². The van der Waals surface area contributed by atoms with Gasteiger partial charge in [0.25, 0.3) is 6.40 Å². The van der Waals surface area contributed by atoms with Gasteiger partial charge >= 0.3 is 0 Å². The predicted molar refractivity (Wildman–Crippen MR) is 51.6 cm³/mol. The lowest BCUT2D eigenvalue weighted by atomic mass is 9.48. The summed E-state index contributed by atoms with van der Waals surface area (Å²) in [4.78, 5) is 11.8. The van der Waals surface area contributed by atoms with E-state index in [1.807, 2.05) is 0 Å². The molecule has 0 aromatic carbocycles. The number of hydrogen-bond acceptors (Lipinski definition) is 1. The molecule has 0 atom stereocenters. The Hall–Kier alpha value is -0.470. The van der Waals surface area contributed by atoms with Gasteiger partial charge in [0.1, 0.15) is 1.37 Å². The molecule has 0 N–H and O–H groups in total. The highest BCUT2D eigenvalue weighted by molar-refractivity contribution is 5.88. The Balaban J connectivity index is 1.91. The van der Waals surface area contributed by atoms with Gasteiger partial charge in [-0.05, 0) is 56.3 Å². The topological polar surface area (TPSA) is 17.1 Å². The maximum atomic E-state index is 12.9. The maximum Gasteiger partial charge on any atom is 0.296 e. The fraction of sp³-hybridized carbons (Fsp3) is 0.917. The van der Waals surface area contributed by atoms with Crippen LogP contribution in [0.2, 0.25) is 0 Å². The molecule has 0 radical (unpaired) electrons. The van der Waals surface area contributed by atoms with Crippen molar-refractivity contribution in [2.24, 2.45) is 23.2 Å². The van der Waals surface area contributed by atoms with Crippen molar-refractivity contribution in [1.29, 1.82) is 0 Å². The molecule has 0 aromatic heterocycles. The highest BCUT2D eigenvalue weighted by Crippen LogP contribution is 2.60. The van der Waals surface area contributed by atoms with E-state index in [4.69, 9.17) is 1.37 Å². The molecule has 0 aliphatic heterocycles. The number of carbonyl (C=O) groups excluding carboxylic acids is 1. The first-order chi connectivity index (χ1) is 7.39. The fourth-order valence-electron chi connectivity index (χ4n) is 4.59. The van der Waals surface area contributed by atoms with E-state index in [-0.39, 0.29) is 0 Å². The zero-order valence-electron chi connectivity index (χ0n) is 9.64. The van der Waals surface area contributed by atoms with Crippen molar-refractivity contribution in [3.05, 3.63) is 0 Å². The smallest absolute Gasteiger partial charge is 0.293 e. The molecule has 0 saturated heterocycles. The maximum absolute atomic E-state index is 12.9. The van der Waals surface area contributed by atoms with Crippen LogP contribution in [0, 0.1) is 23.2 Å². The van der Waals surface area contributed by atoms with E-state index in [0.717, 1.165) is 19.3 Å². The predicted octanol–water partition coefficient (Wildman–Crippen LogP) is 3.04. The van der Waals surface area contributed by atoms with Crippen LogP contribution in [-0.4, -0.2) is 12.2 Å². The van der Waals surface area contributed by atoms with E-state index >= 15 is 0 Å². The third-order valence-corrected chi connectivity index (χ3v) is 4.69. The lowest BCUT2D eigenvalue weighted by Crippen LogP contribution is -2.51. The first kappa shape index (κ1) is 8.66. The van der Waals surface area contributed by atoms with Gasteiger partial charge in [0.05, 0.1) is 0 Å². The average Bonchev–Trinajstić information content (AvgIpc) is 2.12. The highest BCUT2D eigenvalue weighted by atomic mass is 19.3. The highest BCUT2D eigenvalue weighted by Gasteiger charge is 2.55. The molecule has 0 spiro atoms. The molecule has 0 heterocycles. The molecule has 3 heteroatoms. The van der Waals surface area contributed by atoms with Crippen molar-refractivity contribution >= 4 is 5.78 Å². The van der Waals surface area contributed by atoms with Crippen LogP contribution in [0.3, 0.4) is 0 Å². The first-order valence-electron chi connectivity index (χ1n) is 6.32. The van der Waals surface area contributed by atoms with Crippen LogP contribution >= 0.6 is 0 Å². The van der Waals surface area contributed by atoms with E-state index in [1.165, 1.54) is 0 Å². The molecule has 1 nitrogen and oxygen atoms in total. The summed E-state index contributed by atoms with van der Waals surface area (Å²) in [6, 6.07) is 0. The van der Waals surface area contributed by atoms with E-state index < -0.39 is 17.6 Å². The van der Waals surface area contributed by atoms with Crippen molar-refractivity contribution in [2.75, 3.05) is 0 Å². The minimum atomic E-state index is -3.88. The van der Waals surface area contributed by atoms with Crippen molar-refractivity contribution in [2.45, 2.75) is 44.9 Å². The zero-order chi connectivity index (χ0) is 11.6. The average molecular weight is 215 g/mol. The summed E-state index contributed by atoms with van der Waals surface area (Å²) < 4.78 is 32.6. The van der Waals surface area contributed by atoms with Crippen molar-refractivity contribution in [3.8, 4) is 0 Å². The third kappa shape index (κ3) is 1.35. The minimum Gasteiger partial charge on any atom is -0.293 e. The number of rotatable bonds is 2. The summed E-state index contributed by atoms with van der Waals surface area (Å²) in [5.41, 5.74) is -0.833. The summed E-state index contributed by atoms with van der Waals surface area (Å²) in [6.07, 6.45) is 1.33. The molecule has 15 heavy (non-hydrogen) atoms. The molecule has 0 unspecified atom stereocenters. The van der Waals surface area contributed by atoms with Gasteiger partial charge in [-0.1, -0.05) is 0 Å². The molecular weight excluding hydrogens is 198 g/mol. The van der Waals surface area contributed by atoms with Gasteiger partial charge in [-0.25, -0.2) is 8.78 Å². The molecule has 4 bridgehead atoms. The van der Waals surface area contributed by atoms with Crippen LogP contribution in [-0.2, 0) is 4.79 Å². The summed E-state index contributed by atoms with van der Waals surface area (Å²) in [5.74, 6) is 0.312. The molecule has 4 aliphatic carbocycles. The van der Waals surface area contributed by atoms with Crippen molar-refractivity contribution in [3.63, 3.8) is 0 Å². The van der Waals surface area contributed by atoms with E-state index in [0.29, 0.717) is 37.0 Å². The Morgan fingerprint density at radius 1 is 1.13 bits per heavy atom. The van der Waals surface area contributed by atoms with Crippen molar-refractivity contribution < 1.29 is 14.9 Å².